The van der Waals surface area contributed by atoms with Crippen molar-refractivity contribution in [3.63, 3.8) is 0 Å². The van der Waals surface area contributed by atoms with Crippen molar-refractivity contribution >= 4 is 0 Å². The van der Waals surface area contributed by atoms with Crippen molar-refractivity contribution < 1.29 is 26.7 Å². The molecule has 0 amide bonds. The Balaban J connectivity index is 0.00000220. The molecule has 2 aromatic rings. The van der Waals surface area contributed by atoms with Crippen molar-refractivity contribution in [2.24, 2.45) is 0 Å². The van der Waals surface area contributed by atoms with Crippen LogP contribution in [0.2, 0.25) is 0 Å². The zero-order valence-electron chi connectivity index (χ0n) is 13.3. The smallest absolute Gasteiger partial charge is 0.249 e. The van der Waals surface area contributed by atoms with Crippen LogP contribution in [-0.4, -0.2) is 16.3 Å². The minimum Gasteiger partial charge on any atom is -1.00 e. The van der Waals surface area contributed by atoms with Gasteiger partial charge in [0.2, 0.25) is 6.33 Å². The van der Waals surface area contributed by atoms with Gasteiger partial charge < -0.3 is 22.1 Å². The molecule has 0 unspecified atom stereocenters. The maximum absolute atomic E-state index is 9.06. The van der Waals surface area contributed by atoms with Crippen molar-refractivity contribution in [2.45, 2.75) is 46.1 Å². The van der Waals surface area contributed by atoms with Crippen LogP contribution in [0.15, 0.2) is 36.9 Å². The summed E-state index contributed by atoms with van der Waals surface area (Å²) in [5, 5.41) is 9.06. The van der Waals surface area contributed by atoms with Gasteiger partial charge >= 0.3 is 0 Å². The first-order valence-corrected chi connectivity index (χ1v) is 7.35. The fourth-order valence-corrected chi connectivity index (χ4v) is 2.58. The predicted molar refractivity (Wildman–Crippen MR) is 81.2 cm³/mol. The molecule has 4 heteroatoms. The largest absolute Gasteiger partial charge is 1.00 e. The van der Waals surface area contributed by atoms with Crippen molar-refractivity contribution in [1.29, 1.82) is 0 Å². The van der Waals surface area contributed by atoms with Crippen LogP contribution >= 0.6 is 0 Å². The van der Waals surface area contributed by atoms with E-state index in [-0.39, 0.29) is 23.6 Å². The molecule has 116 valence electrons. The minimum atomic E-state index is 0. The highest BCUT2D eigenvalue weighted by Crippen LogP contribution is 2.30. The van der Waals surface area contributed by atoms with E-state index in [0.717, 1.165) is 0 Å². The molecule has 2 rings (SSSR count). The van der Waals surface area contributed by atoms with E-state index in [1.54, 1.807) is 0 Å². The third kappa shape index (κ3) is 3.95. The highest BCUT2D eigenvalue weighted by Gasteiger charge is 2.19. The lowest BCUT2D eigenvalue weighted by Crippen LogP contribution is -3.00. The van der Waals surface area contributed by atoms with Gasteiger partial charge in [0.1, 0.15) is 24.6 Å². The summed E-state index contributed by atoms with van der Waals surface area (Å²) in [6, 6.07) is 6.57. The van der Waals surface area contributed by atoms with E-state index >= 15 is 0 Å². The minimum absolute atomic E-state index is 0. The van der Waals surface area contributed by atoms with E-state index in [1.165, 1.54) is 16.8 Å². The topological polar surface area (TPSA) is 29.0 Å². The molecule has 0 atom stereocenters. The van der Waals surface area contributed by atoms with Gasteiger partial charge in [0.25, 0.3) is 0 Å². The van der Waals surface area contributed by atoms with Crippen molar-refractivity contribution in [3.05, 3.63) is 48.0 Å². The van der Waals surface area contributed by atoms with Gasteiger partial charge in [-0.15, -0.1) is 0 Å². The van der Waals surface area contributed by atoms with Crippen LogP contribution in [0.1, 0.15) is 50.7 Å². The average Bonchev–Trinajstić information content (AvgIpc) is 2.86. The first kappa shape index (κ1) is 17.9. The molecule has 0 saturated carbocycles. The highest BCUT2D eigenvalue weighted by molar-refractivity contribution is 5.50. The summed E-state index contributed by atoms with van der Waals surface area (Å²) in [7, 11) is 0. The average molecular weight is 353 g/mol. The van der Waals surface area contributed by atoms with E-state index in [2.05, 4.69) is 63.0 Å². The van der Waals surface area contributed by atoms with Crippen LogP contribution < -0.4 is 21.5 Å². The van der Waals surface area contributed by atoms with Gasteiger partial charge in [-0.2, -0.15) is 0 Å². The van der Waals surface area contributed by atoms with E-state index in [9.17, 15) is 0 Å². The van der Waals surface area contributed by atoms with Gasteiger partial charge in [0.15, 0.2) is 0 Å². The van der Waals surface area contributed by atoms with Crippen molar-refractivity contribution in [2.75, 3.05) is 6.61 Å². The Bertz CT molecular complexity index is 550. The number of para-hydroxylation sites is 1. The number of halogens is 1. The molecule has 0 saturated heterocycles. The van der Waals surface area contributed by atoms with Crippen LogP contribution in [0.5, 0.6) is 0 Å². The van der Waals surface area contributed by atoms with Crippen LogP contribution in [-0.2, 0) is 6.54 Å². The molecule has 1 aromatic heterocycles. The van der Waals surface area contributed by atoms with E-state index < -0.39 is 0 Å². The molecule has 21 heavy (non-hydrogen) atoms. The van der Waals surface area contributed by atoms with Crippen LogP contribution in [0.25, 0.3) is 5.69 Å². The summed E-state index contributed by atoms with van der Waals surface area (Å²) in [6.07, 6.45) is 6.14. The third-order valence-electron chi connectivity index (χ3n) is 3.65. The third-order valence-corrected chi connectivity index (χ3v) is 3.65. The van der Waals surface area contributed by atoms with Gasteiger partial charge in [0.05, 0.1) is 6.61 Å². The summed E-state index contributed by atoms with van der Waals surface area (Å²) < 4.78 is 4.20. The quantitative estimate of drug-likeness (QED) is 0.754. The van der Waals surface area contributed by atoms with E-state index in [4.69, 9.17) is 5.11 Å². The first-order valence-electron chi connectivity index (χ1n) is 7.35. The Morgan fingerprint density at radius 3 is 2.14 bits per heavy atom. The van der Waals surface area contributed by atoms with Gasteiger partial charge in [-0.3, -0.25) is 0 Å². The predicted octanol–water partition coefficient (Wildman–Crippen LogP) is 0.00790. The summed E-state index contributed by atoms with van der Waals surface area (Å²) in [5.74, 6) is 0.967. The summed E-state index contributed by atoms with van der Waals surface area (Å²) in [6.45, 7) is 9.72. The molecule has 0 aliphatic rings. The molecular weight excluding hydrogens is 328 g/mol. The van der Waals surface area contributed by atoms with Crippen LogP contribution in [0.3, 0.4) is 0 Å². The fraction of sp³-hybridized carbons (Fsp3) is 0.471. The maximum atomic E-state index is 9.06. The highest BCUT2D eigenvalue weighted by atomic mass is 79.9. The number of aliphatic hydroxyl groups excluding tert-OH is 1. The van der Waals surface area contributed by atoms with Crippen LogP contribution in [0, 0.1) is 0 Å². The first-order chi connectivity index (χ1) is 9.54. The number of aromatic nitrogens is 2. The number of hydrogen-bond donors (Lipinski definition) is 1. The molecule has 0 spiro atoms. The summed E-state index contributed by atoms with van der Waals surface area (Å²) >= 11 is 0. The normalized spacial score (nSPS) is 11.0. The second-order valence-corrected chi connectivity index (χ2v) is 5.88. The van der Waals surface area contributed by atoms with Crippen molar-refractivity contribution in [3.8, 4) is 5.69 Å². The molecule has 3 nitrogen and oxygen atoms in total. The molecule has 1 heterocycles. The second kappa shape index (κ2) is 7.76. The van der Waals surface area contributed by atoms with Gasteiger partial charge in [-0.1, -0.05) is 45.9 Å². The monoisotopic (exact) mass is 352 g/mol. The Kier molecular flexibility index (Phi) is 6.62. The molecule has 0 bridgehead atoms. The van der Waals surface area contributed by atoms with Crippen molar-refractivity contribution in [1.82, 2.24) is 4.57 Å². The summed E-state index contributed by atoms with van der Waals surface area (Å²) in [4.78, 5) is 0. The maximum Gasteiger partial charge on any atom is 0.249 e. The zero-order chi connectivity index (χ0) is 14.7. The number of imidazole rings is 1. The zero-order valence-corrected chi connectivity index (χ0v) is 14.8. The van der Waals surface area contributed by atoms with E-state index in [0.29, 0.717) is 18.4 Å². The molecule has 0 aliphatic heterocycles. The SMILES string of the molecule is CC(C)c1cccc(C(C)C)c1-n1cc[n+](CCO)c1.[Br-]. The molecule has 0 fully saturated rings. The lowest BCUT2D eigenvalue weighted by atomic mass is 9.92. The molecule has 0 radical (unpaired) electrons. The molecule has 1 N–H and O–H groups in total. The van der Waals surface area contributed by atoms with E-state index in [1.807, 2.05) is 10.8 Å². The fourth-order valence-electron chi connectivity index (χ4n) is 2.58. The number of hydrogen-bond acceptors (Lipinski definition) is 1. The molecular formula is C17H25BrN2O. The van der Waals surface area contributed by atoms with Gasteiger partial charge in [0, 0.05) is 11.1 Å². The second-order valence-electron chi connectivity index (χ2n) is 5.88. The van der Waals surface area contributed by atoms with Gasteiger partial charge in [-0.25, -0.2) is 9.13 Å². The lowest BCUT2D eigenvalue weighted by molar-refractivity contribution is -0.697. The Morgan fingerprint density at radius 1 is 1.10 bits per heavy atom. The standard InChI is InChI=1S/C17H25N2O.BrH/c1-13(2)15-6-5-7-16(14(3)4)17(15)19-9-8-18(12-19)10-11-20;/h5-9,12-14,20H,10-11H2,1-4H3;1H/q+1;/p-1. The molecule has 1 aromatic carbocycles. The Morgan fingerprint density at radius 2 is 1.67 bits per heavy atom. The number of benzene rings is 1. The number of rotatable bonds is 5. The summed E-state index contributed by atoms with van der Waals surface area (Å²) in [5.41, 5.74) is 4.01. The Hall–Kier alpha value is -1.13. The number of nitrogens with zero attached hydrogens (tertiary/aromatic N) is 2. The molecule has 0 aliphatic carbocycles. The lowest BCUT2D eigenvalue weighted by Gasteiger charge is -2.16. The number of aliphatic hydroxyl groups is 1. The van der Waals surface area contributed by atoms with Crippen LogP contribution in [0.4, 0.5) is 0 Å². The van der Waals surface area contributed by atoms with Gasteiger partial charge in [-0.05, 0) is 11.8 Å². The Labute approximate surface area is 138 Å².